The quantitative estimate of drug-likeness (QED) is 0.457. The van der Waals surface area contributed by atoms with Crippen molar-refractivity contribution >= 4 is 50.5 Å². The van der Waals surface area contributed by atoms with Crippen LogP contribution < -0.4 is 15.5 Å². The first-order valence-electron chi connectivity index (χ1n) is 9.92. The average Bonchev–Trinajstić information content (AvgIpc) is 3.26. The van der Waals surface area contributed by atoms with E-state index < -0.39 is 0 Å². The number of nitrogens with one attached hydrogen (secondary N) is 2. The van der Waals surface area contributed by atoms with Crippen LogP contribution in [0.2, 0.25) is 0 Å². The van der Waals surface area contributed by atoms with E-state index in [9.17, 15) is 4.79 Å². The molecule has 1 aliphatic rings. The van der Waals surface area contributed by atoms with E-state index in [1.807, 2.05) is 42.5 Å². The Bertz CT molecular complexity index is 1040. The first-order valence-corrected chi connectivity index (χ1v) is 11.1. The molecule has 5 nitrogen and oxygen atoms in total. The third-order valence-electron chi connectivity index (χ3n) is 5.03. The molecule has 4 rings (SSSR count). The number of hydrogen-bond acceptors (Lipinski definition) is 4. The van der Waals surface area contributed by atoms with E-state index in [-0.39, 0.29) is 16.8 Å². The molecule has 0 bridgehead atoms. The maximum Gasteiger partial charge on any atom is 0.293 e. The fourth-order valence-electron chi connectivity index (χ4n) is 3.54. The van der Waals surface area contributed by atoms with Crippen LogP contribution in [0.5, 0.6) is 0 Å². The van der Waals surface area contributed by atoms with Crippen molar-refractivity contribution in [2.24, 2.45) is 0 Å². The number of carbonyl (C=O) groups is 1. The van der Waals surface area contributed by atoms with Crippen LogP contribution in [0.4, 0.5) is 11.4 Å². The highest BCUT2D eigenvalue weighted by Gasteiger charge is 2.17. The second-order valence-electron chi connectivity index (χ2n) is 7.14. The Kier molecular flexibility index (Phi) is 6.50. The normalized spacial score (nSPS) is 13.7. The van der Waals surface area contributed by atoms with E-state index in [0.29, 0.717) is 5.76 Å². The van der Waals surface area contributed by atoms with Crippen LogP contribution in [0.3, 0.4) is 0 Å². The summed E-state index contributed by atoms with van der Waals surface area (Å²) >= 11 is 8.79. The van der Waals surface area contributed by atoms with Crippen molar-refractivity contribution in [2.45, 2.75) is 19.3 Å². The zero-order valence-corrected chi connectivity index (χ0v) is 18.8. The predicted molar refractivity (Wildman–Crippen MR) is 128 cm³/mol. The SMILES string of the molecule is O=C(NC(=S)Nc1ccccc1N1CCCCC1)c1ccc(-c2ccc(Br)cc2)o1. The molecule has 30 heavy (non-hydrogen) atoms. The number of hydrogen-bond donors (Lipinski definition) is 2. The lowest BCUT2D eigenvalue weighted by Crippen LogP contribution is -2.35. The molecule has 0 radical (unpaired) electrons. The van der Waals surface area contributed by atoms with Gasteiger partial charge in [0.2, 0.25) is 0 Å². The van der Waals surface area contributed by atoms with Crippen molar-refractivity contribution in [2.75, 3.05) is 23.3 Å². The van der Waals surface area contributed by atoms with Gasteiger partial charge in [-0.05, 0) is 67.9 Å². The number of furan rings is 1. The number of anilines is 2. The molecule has 2 heterocycles. The Hall–Kier alpha value is -2.64. The molecular weight excluding hydrogens is 462 g/mol. The summed E-state index contributed by atoms with van der Waals surface area (Å²) in [5.74, 6) is 0.453. The van der Waals surface area contributed by atoms with Crippen molar-refractivity contribution in [3.8, 4) is 11.3 Å². The molecule has 1 aromatic heterocycles. The zero-order chi connectivity index (χ0) is 20.9. The molecule has 7 heteroatoms. The van der Waals surface area contributed by atoms with Gasteiger partial charge >= 0.3 is 0 Å². The summed E-state index contributed by atoms with van der Waals surface area (Å²) in [5.41, 5.74) is 2.89. The molecule has 0 atom stereocenters. The monoisotopic (exact) mass is 483 g/mol. The van der Waals surface area contributed by atoms with Gasteiger partial charge in [-0.2, -0.15) is 0 Å². The number of amides is 1. The Balaban J connectivity index is 1.41. The number of benzene rings is 2. The van der Waals surface area contributed by atoms with E-state index in [1.165, 1.54) is 19.3 Å². The molecule has 0 spiro atoms. The minimum absolute atomic E-state index is 0.210. The van der Waals surface area contributed by atoms with Crippen LogP contribution in [-0.4, -0.2) is 24.1 Å². The lowest BCUT2D eigenvalue weighted by atomic mass is 10.1. The minimum atomic E-state index is -0.383. The van der Waals surface area contributed by atoms with Crippen LogP contribution in [-0.2, 0) is 0 Å². The van der Waals surface area contributed by atoms with Crippen molar-refractivity contribution in [1.82, 2.24) is 5.32 Å². The van der Waals surface area contributed by atoms with Crippen LogP contribution in [0.15, 0.2) is 69.6 Å². The Morgan fingerprint density at radius 2 is 1.70 bits per heavy atom. The summed E-state index contributed by atoms with van der Waals surface area (Å²) in [6.45, 7) is 2.06. The number of nitrogens with zero attached hydrogens (tertiary/aromatic N) is 1. The third-order valence-corrected chi connectivity index (χ3v) is 5.77. The molecule has 0 saturated carbocycles. The van der Waals surface area contributed by atoms with E-state index in [4.69, 9.17) is 16.6 Å². The molecule has 0 aliphatic carbocycles. The predicted octanol–water partition coefficient (Wildman–Crippen LogP) is 5.83. The average molecular weight is 484 g/mol. The molecule has 2 aromatic carbocycles. The number of thiocarbonyl (C=S) groups is 1. The highest BCUT2D eigenvalue weighted by molar-refractivity contribution is 9.10. The molecular formula is C23H22BrN3O2S. The molecule has 154 valence electrons. The fraction of sp³-hybridized carbons (Fsp3) is 0.217. The first kappa shape index (κ1) is 20.6. The zero-order valence-electron chi connectivity index (χ0n) is 16.4. The third kappa shape index (κ3) is 4.91. The summed E-state index contributed by atoms with van der Waals surface area (Å²) in [7, 11) is 0. The van der Waals surface area contributed by atoms with Gasteiger partial charge in [-0.15, -0.1) is 0 Å². The smallest absolute Gasteiger partial charge is 0.293 e. The molecule has 1 fully saturated rings. The number of piperidine rings is 1. The molecule has 1 amide bonds. The number of halogens is 1. The maximum absolute atomic E-state index is 12.6. The summed E-state index contributed by atoms with van der Waals surface area (Å²) in [4.78, 5) is 14.9. The molecule has 0 unspecified atom stereocenters. The Morgan fingerprint density at radius 3 is 2.47 bits per heavy atom. The number of carbonyl (C=O) groups excluding carboxylic acids is 1. The molecule has 3 aromatic rings. The summed E-state index contributed by atoms with van der Waals surface area (Å²) < 4.78 is 6.70. The summed E-state index contributed by atoms with van der Waals surface area (Å²) in [6.07, 6.45) is 3.65. The highest BCUT2D eigenvalue weighted by Crippen LogP contribution is 2.28. The van der Waals surface area contributed by atoms with Gasteiger partial charge in [-0.3, -0.25) is 10.1 Å². The van der Waals surface area contributed by atoms with Gasteiger partial charge in [-0.1, -0.05) is 40.2 Å². The first-order chi connectivity index (χ1) is 14.6. The Morgan fingerprint density at radius 1 is 0.967 bits per heavy atom. The van der Waals surface area contributed by atoms with Crippen molar-refractivity contribution in [3.63, 3.8) is 0 Å². The second kappa shape index (κ2) is 9.45. The van der Waals surface area contributed by atoms with E-state index >= 15 is 0 Å². The second-order valence-corrected chi connectivity index (χ2v) is 8.47. The van der Waals surface area contributed by atoms with Gasteiger partial charge in [-0.25, -0.2) is 0 Å². The number of para-hydroxylation sites is 2. The lowest BCUT2D eigenvalue weighted by Gasteiger charge is -2.30. The number of rotatable bonds is 4. The van der Waals surface area contributed by atoms with Gasteiger partial charge in [0, 0.05) is 23.1 Å². The molecule has 1 saturated heterocycles. The van der Waals surface area contributed by atoms with Crippen LogP contribution in [0, 0.1) is 0 Å². The maximum atomic E-state index is 12.6. The molecule has 2 N–H and O–H groups in total. The van der Waals surface area contributed by atoms with Crippen molar-refractivity contribution in [1.29, 1.82) is 0 Å². The van der Waals surface area contributed by atoms with Crippen LogP contribution >= 0.6 is 28.1 Å². The van der Waals surface area contributed by atoms with E-state index in [0.717, 1.165) is 34.5 Å². The minimum Gasteiger partial charge on any atom is -0.451 e. The topological polar surface area (TPSA) is 57.5 Å². The van der Waals surface area contributed by atoms with Crippen LogP contribution in [0.1, 0.15) is 29.8 Å². The van der Waals surface area contributed by atoms with E-state index in [2.05, 4.69) is 37.5 Å². The van der Waals surface area contributed by atoms with Gasteiger partial charge < -0.3 is 14.6 Å². The van der Waals surface area contributed by atoms with Gasteiger partial charge in [0.05, 0.1) is 11.4 Å². The standard InChI is InChI=1S/C23H22BrN3O2S/c24-17-10-8-16(9-11-17)20-12-13-21(29-20)22(28)26-23(30)25-18-6-2-3-7-19(18)27-14-4-1-5-15-27/h2-3,6-13H,1,4-5,14-15H2,(H2,25,26,28,30). The fourth-order valence-corrected chi connectivity index (χ4v) is 4.00. The van der Waals surface area contributed by atoms with Crippen molar-refractivity contribution < 1.29 is 9.21 Å². The van der Waals surface area contributed by atoms with Gasteiger partial charge in [0.1, 0.15) is 5.76 Å². The largest absolute Gasteiger partial charge is 0.451 e. The summed E-state index contributed by atoms with van der Waals surface area (Å²) in [5, 5.41) is 6.12. The van der Waals surface area contributed by atoms with Gasteiger partial charge in [0.15, 0.2) is 10.9 Å². The van der Waals surface area contributed by atoms with Gasteiger partial charge in [0.25, 0.3) is 5.91 Å². The van der Waals surface area contributed by atoms with Crippen LogP contribution in [0.25, 0.3) is 11.3 Å². The summed E-state index contributed by atoms with van der Waals surface area (Å²) in [6, 6.07) is 19.2. The lowest BCUT2D eigenvalue weighted by molar-refractivity contribution is 0.0951. The van der Waals surface area contributed by atoms with E-state index in [1.54, 1.807) is 12.1 Å². The molecule has 1 aliphatic heterocycles. The van der Waals surface area contributed by atoms with Crippen molar-refractivity contribution in [3.05, 3.63) is 70.9 Å². The Labute approximate surface area is 189 Å². The highest BCUT2D eigenvalue weighted by atomic mass is 79.9.